The number of carbonyl (C=O) groups is 1. The molecule has 3 nitrogen and oxygen atoms in total. The smallest absolute Gasteiger partial charge is 0.475 e. The van der Waals surface area contributed by atoms with Crippen LogP contribution in [0.2, 0.25) is 0 Å². The third-order valence-corrected chi connectivity index (χ3v) is 1.17. The molecule has 1 N–H and O–H groups in total. The standard InChI is InChI=1S/C7H7F5O3/c1-2-3-4(5(13)14)15-7(11,12)6(8,9)10/h3H,2H2,1H3,(H,13,14)/b4-3+. The van der Waals surface area contributed by atoms with E-state index in [1.54, 1.807) is 0 Å². The van der Waals surface area contributed by atoms with Crippen molar-refractivity contribution in [2.24, 2.45) is 0 Å². The maximum Gasteiger partial charge on any atom is 0.499 e. The summed E-state index contributed by atoms with van der Waals surface area (Å²) in [6, 6.07) is 0. The van der Waals surface area contributed by atoms with E-state index >= 15 is 0 Å². The SMILES string of the molecule is CC/C=C(/OC(F)(F)C(F)(F)F)C(=O)O. The predicted octanol–water partition coefficient (Wildman–Crippen LogP) is 2.54. The van der Waals surface area contributed by atoms with Gasteiger partial charge in [0.25, 0.3) is 0 Å². The van der Waals surface area contributed by atoms with Crippen LogP contribution in [0.4, 0.5) is 22.0 Å². The molecule has 0 fully saturated rings. The van der Waals surface area contributed by atoms with Crippen LogP contribution in [-0.2, 0) is 9.53 Å². The predicted molar refractivity (Wildman–Crippen MR) is 38.1 cm³/mol. The van der Waals surface area contributed by atoms with Gasteiger partial charge < -0.3 is 9.84 Å². The molecule has 15 heavy (non-hydrogen) atoms. The molecule has 0 aromatic carbocycles. The molecule has 8 heteroatoms. The normalized spacial score (nSPS) is 13.9. The van der Waals surface area contributed by atoms with E-state index in [1.165, 1.54) is 6.92 Å². The van der Waals surface area contributed by atoms with Crippen molar-refractivity contribution in [3.05, 3.63) is 11.8 Å². The minimum Gasteiger partial charge on any atom is -0.475 e. The van der Waals surface area contributed by atoms with E-state index in [9.17, 15) is 26.7 Å². The van der Waals surface area contributed by atoms with Gasteiger partial charge in [0.1, 0.15) is 0 Å². The van der Waals surface area contributed by atoms with Crippen molar-refractivity contribution in [1.82, 2.24) is 0 Å². The third kappa shape index (κ3) is 3.72. The molecule has 0 aromatic rings. The molecule has 0 atom stereocenters. The van der Waals surface area contributed by atoms with E-state index in [2.05, 4.69) is 4.74 Å². The molecule has 0 radical (unpaired) electrons. The summed E-state index contributed by atoms with van der Waals surface area (Å²) >= 11 is 0. The molecular weight excluding hydrogens is 227 g/mol. The van der Waals surface area contributed by atoms with E-state index < -0.39 is 24.0 Å². The fourth-order valence-corrected chi connectivity index (χ4v) is 0.554. The first kappa shape index (κ1) is 13.7. The molecule has 0 rings (SSSR count). The van der Waals surface area contributed by atoms with Crippen molar-refractivity contribution >= 4 is 5.97 Å². The number of alkyl halides is 5. The second-order valence-electron chi connectivity index (χ2n) is 2.40. The van der Waals surface area contributed by atoms with Crippen molar-refractivity contribution in [3.8, 4) is 0 Å². The summed E-state index contributed by atoms with van der Waals surface area (Å²) in [4.78, 5) is 10.2. The fraction of sp³-hybridized carbons (Fsp3) is 0.571. The Bertz CT molecular complexity index is 268. The summed E-state index contributed by atoms with van der Waals surface area (Å²) in [5.74, 6) is -3.42. The van der Waals surface area contributed by atoms with Gasteiger partial charge in [0.2, 0.25) is 5.76 Å². The van der Waals surface area contributed by atoms with E-state index in [0.717, 1.165) is 0 Å². The maximum absolute atomic E-state index is 12.2. The Morgan fingerprint density at radius 3 is 2.07 bits per heavy atom. The zero-order valence-corrected chi connectivity index (χ0v) is 7.44. The van der Waals surface area contributed by atoms with Gasteiger partial charge in [0.05, 0.1) is 0 Å². The van der Waals surface area contributed by atoms with E-state index in [4.69, 9.17) is 5.11 Å². The first-order valence-electron chi connectivity index (χ1n) is 3.68. The fourth-order valence-electron chi connectivity index (χ4n) is 0.554. The Hall–Kier alpha value is -1.34. The minimum atomic E-state index is -5.95. The van der Waals surface area contributed by atoms with E-state index in [-0.39, 0.29) is 6.42 Å². The second kappa shape index (κ2) is 4.45. The first-order chi connectivity index (χ1) is 6.62. The lowest BCUT2D eigenvalue weighted by atomic mass is 10.4. The molecule has 0 amide bonds. The number of hydrogen-bond donors (Lipinski definition) is 1. The third-order valence-electron chi connectivity index (χ3n) is 1.17. The van der Waals surface area contributed by atoms with Gasteiger partial charge in [-0.15, -0.1) is 0 Å². The van der Waals surface area contributed by atoms with Gasteiger partial charge in [0.15, 0.2) is 0 Å². The van der Waals surface area contributed by atoms with Crippen molar-refractivity contribution < 1.29 is 36.6 Å². The lowest BCUT2D eigenvalue weighted by Crippen LogP contribution is -2.39. The van der Waals surface area contributed by atoms with Gasteiger partial charge >= 0.3 is 18.3 Å². The molecule has 0 aromatic heterocycles. The number of carboxylic acids is 1. The lowest BCUT2D eigenvalue weighted by Gasteiger charge is -2.20. The first-order valence-corrected chi connectivity index (χ1v) is 3.68. The highest BCUT2D eigenvalue weighted by Crippen LogP contribution is 2.37. The van der Waals surface area contributed by atoms with Gasteiger partial charge in [-0.25, -0.2) is 4.79 Å². The van der Waals surface area contributed by atoms with Crippen molar-refractivity contribution in [2.75, 3.05) is 0 Å². The molecule has 0 aliphatic rings. The topological polar surface area (TPSA) is 46.5 Å². The summed E-state index contributed by atoms with van der Waals surface area (Å²) in [6.45, 7) is 1.36. The Morgan fingerprint density at radius 2 is 1.80 bits per heavy atom. The Kier molecular flexibility index (Phi) is 4.06. The number of hydrogen-bond acceptors (Lipinski definition) is 2. The summed E-state index contributed by atoms with van der Waals surface area (Å²) in [7, 11) is 0. The van der Waals surface area contributed by atoms with E-state index in [1.807, 2.05) is 0 Å². The van der Waals surface area contributed by atoms with Crippen LogP contribution in [0.15, 0.2) is 11.8 Å². The van der Waals surface area contributed by atoms with Gasteiger partial charge in [-0.3, -0.25) is 0 Å². The maximum atomic E-state index is 12.2. The van der Waals surface area contributed by atoms with Crippen molar-refractivity contribution in [2.45, 2.75) is 25.6 Å². The quantitative estimate of drug-likeness (QED) is 0.462. The Labute approximate surface area is 81.1 Å². The summed E-state index contributed by atoms with van der Waals surface area (Å²) < 4.78 is 62.3. The van der Waals surface area contributed by atoms with Crippen molar-refractivity contribution in [3.63, 3.8) is 0 Å². The monoisotopic (exact) mass is 234 g/mol. The molecule has 0 saturated carbocycles. The largest absolute Gasteiger partial charge is 0.499 e. The van der Waals surface area contributed by atoms with Crippen LogP contribution in [0, 0.1) is 0 Å². The zero-order valence-electron chi connectivity index (χ0n) is 7.44. The van der Waals surface area contributed by atoms with Gasteiger partial charge in [-0.2, -0.15) is 22.0 Å². The summed E-state index contributed by atoms with van der Waals surface area (Å²) in [5, 5.41) is 8.24. The highest BCUT2D eigenvalue weighted by atomic mass is 19.4. The van der Waals surface area contributed by atoms with Crippen LogP contribution in [0.25, 0.3) is 0 Å². The average Bonchev–Trinajstić information content (AvgIpc) is 2.00. The Morgan fingerprint density at radius 1 is 1.33 bits per heavy atom. The highest BCUT2D eigenvalue weighted by molar-refractivity contribution is 5.84. The molecule has 0 aliphatic carbocycles. The van der Waals surface area contributed by atoms with Gasteiger partial charge in [0, 0.05) is 0 Å². The lowest BCUT2D eigenvalue weighted by molar-refractivity contribution is -0.378. The molecular formula is C7H7F5O3. The number of carboxylic acid groups (broad SMARTS) is 1. The van der Waals surface area contributed by atoms with Crippen molar-refractivity contribution in [1.29, 1.82) is 0 Å². The van der Waals surface area contributed by atoms with Crippen LogP contribution in [0.3, 0.4) is 0 Å². The number of allylic oxidation sites excluding steroid dienone is 1. The summed E-state index contributed by atoms with van der Waals surface area (Å²) in [5.41, 5.74) is 0. The van der Waals surface area contributed by atoms with Crippen LogP contribution in [0.5, 0.6) is 0 Å². The molecule has 88 valence electrons. The van der Waals surface area contributed by atoms with Gasteiger partial charge in [-0.1, -0.05) is 6.92 Å². The molecule has 0 saturated heterocycles. The van der Waals surface area contributed by atoms with Crippen LogP contribution < -0.4 is 0 Å². The number of rotatable bonds is 4. The summed E-state index contributed by atoms with van der Waals surface area (Å²) in [6.07, 6.45) is -10.9. The van der Waals surface area contributed by atoms with Crippen LogP contribution >= 0.6 is 0 Å². The second-order valence-corrected chi connectivity index (χ2v) is 2.40. The molecule has 0 heterocycles. The highest BCUT2D eigenvalue weighted by Gasteiger charge is 2.61. The van der Waals surface area contributed by atoms with Crippen LogP contribution in [-0.4, -0.2) is 23.4 Å². The Balaban J connectivity index is 4.84. The molecule has 0 unspecified atom stereocenters. The molecule has 0 aliphatic heterocycles. The van der Waals surface area contributed by atoms with E-state index in [0.29, 0.717) is 6.08 Å². The molecule has 0 bridgehead atoms. The van der Waals surface area contributed by atoms with Gasteiger partial charge in [-0.05, 0) is 12.5 Å². The number of halogens is 5. The number of ether oxygens (including phenoxy) is 1. The molecule has 0 spiro atoms. The average molecular weight is 234 g/mol. The van der Waals surface area contributed by atoms with Crippen LogP contribution in [0.1, 0.15) is 13.3 Å². The zero-order chi connectivity index (χ0) is 12.3. The number of aliphatic carboxylic acids is 1. The minimum absolute atomic E-state index is 0.0461.